The van der Waals surface area contributed by atoms with Gasteiger partial charge in [-0.15, -0.1) is 0 Å². The Bertz CT molecular complexity index is 531. The van der Waals surface area contributed by atoms with E-state index in [1.165, 1.54) is 16.8 Å². The van der Waals surface area contributed by atoms with Gasteiger partial charge in [0.2, 0.25) is 0 Å². The molecule has 0 saturated carbocycles. The Labute approximate surface area is 120 Å². The van der Waals surface area contributed by atoms with E-state index in [1.807, 2.05) is 12.1 Å². The van der Waals surface area contributed by atoms with Crippen molar-refractivity contribution in [1.82, 2.24) is 0 Å². The third kappa shape index (κ3) is 3.51. The van der Waals surface area contributed by atoms with Crippen LogP contribution in [0.1, 0.15) is 43.9 Å². The van der Waals surface area contributed by atoms with E-state index in [0.29, 0.717) is 5.92 Å². The molecule has 0 aliphatic heterocycles. The first-order chi connectivity index (χ1) is 9.08. The quantitative estimate of drug-likeness (QED) is 0.760. The maximum absolute atomic E-state index is 5.92. The highest BCUT2D eigenvalue weighted by Crippen LogP contribution is 2.27. The number of rotatable bonds is 4. The van der Waals surface area contributed by atoms with E-state index in [2.05, 4.69) is 62.5 Å². The summed E-state index contributed by atoms with van der Waals surface area (Å²) in [6, 6.07) is 16.7. The van der Waals surface area contributed by atoms with Gasteiger partial charge in [-0.2, -0.15) is 0 Å². The van der Waals surface area contributed by atoms with Crippen LogP contribution in [0, 0.1) is 0 Å². The molecule has 0 bridgehead atoms. The maximum Gasteiger partial charge on any atom is 0.0485 e. The number of nitrogens with one attached hydrogen (secondary N) is 1. The molecule has 1 N–H and O–H groups in total. The minimum atomic E-state index is 0.261. The predicted molar refractivity (Wildman–Crippen MR) is 84.0 cm³/mol. The molecular weight excluding hydrogens is 254 g/mol. The molecule has 1 nitrogen and oxygen atoms in total. The smallest absolute Gasteiger partial charge is 0.0485 e. The summed E-state index contributed by atoms with van der Waals surface area (Å²) in [5.41, 5.74) is 3.80. The molecule has 0 fully saturated rings. The SMILES string of the molecule is CC(C)c1ccccc1NC(C)c1ccc(Cl)cc1. The number of anilines is 1. The van der Waals surface area contributed by atoms with Crippen LogP contribution in [0.5, 0.6) is 0 Å². The van der Waals surface area contributed by atoms with Gasteiger partial charge in [-0.1, -0.05) is 55.8 Å². The molecule has 2 aromatic carbocycles. The third-order valence-electron chi connectivity index (χ3n) is 3.32. The second-order valence-corrected chi connectivity index (χ2v) is 5.60. The Balaban J connectivity index is 2.19. The van der Waals surface area contributed by atoms with E-state index in [-0.39, 0.29) is 6.04 Å². The van der Waals surface area contributed by atoms with Crippen LogP contribution >= 0.6 is 11.6 Å². The minimum absolute atomic E-state index is 0.261. The van der Waals surface area contributed by atoms with Crippen molar-refractivity contribution in [3.63, 3.8) is 0 Å². The molecule has 1 atom stereocenters. The normalized spacial score (nSPS) is 12.5. The van der Waals surface area contributed by atoms with Crippen LogP contribution < -0.4 is 5.32 Å². The minimum Gasteiger partial charge on any atom is -0.378 e. The highest BCUT2D eigenvalue weighted by molar-refractivity contribution is 6.30. The van der Waals surface area contributed by atoms with Gasteiger partial charge in [-0.25, -0.2) is 0 Å². The first kappa shape index (κ1) is 14.0. The van der Waals surface area contributed by atoms with Crippen molar-refractivity contribution < 1.29 is 0 Å². The van der Waals surface area contributed by atoms with Gasteiger partial charge in [-0.05, 0) is 42.2 Å². The lowest BCUT2D eigenvalue weighted by Crippen LogP contribution is -2.08. The van der Waals surface area contributed by atoms with Gasteiger partial charge >= 0.3 is 0 Å². The van der Waals surface area contributed by atoms with Gasteiger partial charge in [0, 0.05) is 16.8 Å². The molecule has 100 valence electrons. The van der Waals surface area contributed by atoms with Crippen LogP contribution in [0.4, 0.5) is 5.69 Å². The number of para-hydroxylation sites is 1. The fraction of sp³-hybridized carbons (Fsp3) is 0.294. The Kier molecular flexibility index (Phi) is 4.49. The third-order valence-corrected chi connectivity index (χ3v) is 3.58. The van der Waals surface area contributed by atoms with Gasteiger partial charge in [0.05, 0.1) is 0 Å². The van der Waals surface area contributed by atoms with E-state index >= 15 is 0 Å². The van der Waals surface area contributed by atoms with E-state index in [0.717, 1.165) is 5.02 Å². The number of hydrogen-bond donors (Lipinski definition) is 1. The highest BCUT2D eigenvalue weighted by Gasteiger charge is 2.09. The van der Waals surface area contributed by atoms with Crippen LogP contribution in [0.25, 0.3) is 0 Å². The summed E-state index contributed by atoms with van der Waals surface area (Å²) >= 11 is 5.92. The monoisotopic (exact) mass is 273 g/mol. The zero-order chi connectivity index (χ0) is 13.8. The van der Waals surface area contributed by atoms with Crippen molar-refractivity contribution in [1.29, 1.82) is 0 Å². The molecule has 2 aromatic rings. The lowest BCUT2D eigenvalue weighted by atomic mass is 10.00. The average Bonchev–Trinajstić information content (AvgIpc) is 2.39. The molecule has 2 rings (SSSR count). The van der Waals surface area contributed by atoms with Gasteiger partial charge in [0.1, 0.15) is 0 Å². The van der Waals surface area contributed by atoms with Crippen molar-refractivity contribution in [2.24, 2.45) is 0 Å². The van der Waals surface area contributed by atoms with E-state index in [4.69, 9.17) is 11.6 Å². The van der Waals surface area contributed by atoms with Crippen LogP contribution in [-0.2, 0) is 0 Å². The van der Waals surface area contributed by atoms with Crippen LogP contribution in [0.15, 0.2) is 48.5 Å². The summed E-state index contributed by atoms with van der Waals surface area (Å²) in [6.07, 6.45) is 0. The second-order valence-electron chi connectivity index (χ2n) is 5.16. The lowest BCUT2D eigenvalue weighted by molar-refractivity contribution is 0.841. The van der Waals surface area contributed by atoms with Gasteiger partial charge in [0.25, 0.3) is 0 Å². The van der Waals surface area contributed by atoms with Crippen molar-refractivity contribution in [2.75, 3.05) is 5.32 Å². The van der Waals surface area contributed by atoms with E-state index < -0.39 is 0 Å². The summed E-state index contributed by atoms with van der Waals surface area (Å²) in [5, 5.41) is 4.36. The zero-order valence-electron chi connectivity index (χ0n) is 11.7. The van der Waals surface area contributed by atoms with Crippen LogP contribution in [0.3, 0.4) is 0 Å². The largest absolute Gasteiger partial charge is 0.378 e. The van der Waals surface area contributed by atoms with Gasteiger partial charge in [-0.3, -0.25) is 0 Å². The number of halogens is 1. The first-order valence-electron chi connectivity index (χ1n) is 6.69. The van der Waals surface area contributed by atoms with Gasteiger partial charge in [0.15, 0.2) is 0 Å². The van der Waals surface area contributed by atoms with E-state index in [9.17, 15) is 0 Å². The molecule has 0 spiro atoms. The molecule has 0 aliphatic rings. The topological polar surface area (TPSA) is 12.0 Å². The maximum atomic E-state index is 5.92. The summed E-state index contributed by atoms with van der Waals surface area (Å²) in [6.45, 7) is 6.60. The van der Waals surface area contributed by atoms with Gasteiger partial charge < -0.3 is 5.32 Å². The number of hydrogen-bond acceptors (Lipinski definition) is 1. The molecule has 0 amide bonds. The fourth-order valence-electron chi connectivity index (χ4n) is 2.20. The molecule has 19 heavy (non-hydrogen) atoms. The summed E-state index contributed by atoms with van der Waals surface area (Å²) in [4.78, 5) is 0. The van der Waals surface area contributed by atoms with Crippen LogP contribution in [-0.4, -0.2) is 0 Å². The molecular formula is C17H20ClN. The zero-order valence-corrected chi connectivity index (χ0v) is 12.4. The van der Waals surface area contributed by atoms with Crippen molar-refractivity contribution in [2.45, 2.75) is 32.7 Å². The summed E-state index contributed by atoms with van der Waals surface area (Å²) < 4.78 is 0. The molecule has 0 aliphatic carbocycles. The first-order valence-corrected chi connectivity index (χ1v) is 7.06. The van der Waals surface area contributed by atoms with Crippen LogP contribution in [0.2, 0.25) is 5.02 Å². The fourth-order valence-corrected chi connectivity index (χ4v) is 2.33. The molecule has 2 heteroatoms. The molecule has 0 radical (unpaired) electrons. The Morgan fingerprint density at radius 2 is 1.53 bits per heavy atom. The molecule has 1 unspecified atom stereocenters. The Morgan fingerprint density at radius 3 is 2.16 bits per heavy atom. The van der Waals surface area contributed by atoms with Crippen molar-refractivity contribution in [3.05, 3.63) is 64.7 Å². The van der Waals surface area contributed by atoms with E-state index in [1.54, 1.807) is 0 Å². The lowest BCUT2D eigenvalue weighted by Gasteiger charge is -2.20. The Morgan fingerprint density at radius 1 is 0.895 bits per heavy atom. The number of benzene rings is 2. The molecule has 0 heterocycles. The standard InChI is InChI=1S/C17H20ClN/c1-12(2)16-6-4-5-7-17(16)19-13(3)14-8-10-15(18)11-9-14/h4-13,19H,1-3H3. The molecule has 0 aromatic heterocycles. The highest BCUT2D eigenvalue weighted by atomic mass is 35.5. The molecule has 0 saturated heterocycles. The summed E-state index contributed by atoms with van der Waals surface area (Å²) in [5.74, 6) is 0.515. The predicted octanol–water partition coefficient (Wildman–Crippen LogP) is 5.64. The summed E-state index contributed by atoms with van der Waals surface area (Å²) in [7, 11) is 0. The average molecular weight is 274 g/mol. The Hall–Kier alpha value is -1.47. The second kappa shape index (κ2) is 6.12. The van der Waals surface area contributed by atoms with Crippen molar-refractivity contribution >= 4 is 17.3 Å². The van der Waals surface area contributed by atoms with Crippen molar-refractivity contribution in [3.8, 4) is 0 Å².